The summed E-state index contributed by atoms with van der Waals surface area (Å²) in [5.74, 6) is 0. The van der Waals surface area contributed by atoms with Crippen molar-refractivity contribution in [1.29, 1.82) is 0 Å². The Morgan fingerprint density at radius 2 is 1.94 bits per heavy atom. The molecule has 3 rings (SSSR count). The van der Waals surface area contributed by atoms with Crippen molar-refractivity contribution >= 4 is 10.9 Å². The maximum absolute atomic E-state index is 11.2. The van der Waals surface area contributed by atoms with Gasteiger partial charge in [0, 0.05) is 17.1 Å². The number of benzene rings is 1. The number of hydrogen-bond acceptors (Lipinski definition) is 2. The second kappa shape index (κ2) is 3.87. The number of para-hydroxylation sites is 1. The van der Waals surface area contributed by atoms with Gasteiger partial charge in [-0.25, -0.2) is 4.98 Å². The number of pyridine rings is 2. The number of nitrogens with one attached hydrogen (secondary N) is 1. The van der Waals surface area contributed by atoms with Crippen LogP contribution in [-0.2, 0) is 0 Å². The van der Waals surface area contributed by atoms with Crippen LogP contribution in [0.5, 0.6) is 0 Å². The van der Waals surface area contributed by atoms with Crippen molar-refractivity contribution in [2.45, 2.75) is 0 Å². The molecule has 1 aromatic carbocycles. The average molecular weight is 221 g/mol. The van der Waals surface area contributed by atoms with Gasteiger partial charge in [0.15, 0.2) is 0 Å². The summed E-state index contributed by atoms with van der Waals surface area (Å²) >= 11 is 0. The Kier molecular flexibility index (Phi) is 2.22. The number of fused-ring (bicyclic) bond motifs is 1. The van der Waals surface area contributed by atoms with Crippen molar-refractivity contribution < 1.29 is 0 Å². The number of aromatic nitrogens is 2. The van der Waals surface area contributed by atoms with Crippen molar-refractivity contribution in [3.8, 4) is 11.3 Å². The first-order valence-corrected chi connectivity index (χ1v) is 5.30. The summed E-state index contributed by atoms with van der Waals surface area (Å²) in [5.41, 5.74) is 2.14. The van der Waals surface area contributed by atoms with E-state index in [0.717, 1.165) is 16.6 Å². The van der Waals surface area contributed by atoms with E-state index in [1.54, 1.807) is 12.3 Å². The summed E-state index contributed by atoms with van der Waals surface area (Å²) in [6.45, 7) is 0. The van der Waals surface area contributed by atoms with Crippen molar-refractivity contribution in [3.63, 3.8) is 0 Å². The fourth-order valence-corrected chi connectivity index (χ4v) is 1.77. The number of nitrogens with zero attached hydrogens (tertiary/aromatic N) is 1. The van der Waals surface area contributed by atoms with Crippen molar-refractivity contribution in [2.75, 3.05) is 0 Å². The quantitative estimate of drug-likeness (QED) is 0.685. The molecule has 0 saturated carbocycles. The molecule has 0 aliphatic rings. The van der Waals surface area contributed by atoms with Crippen LogP contribution in [0.3, 0.4) is 0 Å². The van der Waals surface area contributed by atoms with Gasteiger partial charge in [0.2, 0.25) is 0 Å². The molecule has 81 valence electrons. The summed E-state index contributed by atoms with van der Waals surface area (Å²) in [6, 6.07) is 16.3. The van der Waals surface area contributed by atoms with E-state index < -0.39 is 0 Å². The van der Waals surface area contributed by atoms with Crippen LogP contribution in [0.15, 0.2) is 53.5 Å². The van der Waals surface area contributed by atoms with Crippen LogP contribution in [0.4, 0.5) is 0 Å². The Morgan fingerprint density at radius 3 is 2.82 bits per heavy atom. The lowest BCUT2D eigenvalue weighted by Crippen LogP contribution is -2.03. The molecule has 1 radical (unpaired) electrons. The van der Waals surface area contributed by atoms with Gasteiger partial charge in [0.25, 0.3) is 5.56 Å². The van der Waals surface area contributed by atoms with E-state index >= 15 is 0 Å². The highest BCUT2D eigenvalue weighted by atomic mass is 16.1. The van der Waals surface area contributed by atoms with Gasteiger partial charge < -0.3 is 4.98 Å². The number of rotatable bonds is 1. The lowest BCUT2D eigenvalue weighted by Gasteiger charge is -2.01. The molecule has 0 fully saturated rings. The summed E-state index contributed by atoms with van der Waals surface area (Å²) in [4.78, 5) is 18.2. The minimum Gasteiger partial charge on any atom is -0.329 e. The normalized spacial score (nSPS) is 10.6. The smallest absolute Gasteiger partial charge is 0.256 e. The van der Waals surface area contributed by atoms with Crippen molar-refractivity contribution in [3.05, 3.63) is 65.1 Å². The topological polar surface area (TPSA) is 45.8 Å². The molecule has 2 heterocycles. The third kappa shape index (κ3) is 1.83. The molecule has 17 heavy (non-hydrogen) atoms. The van der Waals surface area contributed by atoms with Crippen LogP contribution < -0.4 is 5.56 Å². The van der Waals surface area contributed by atoms with E-state index in [9.17, 15) is 4.79 Å². The van der Waals surface area contributed by atoms with Gasteiger partial charge >= 0.3 is 0 Å². The van der Waals surface area contributed by atoms with E-state index in [-0.39, 0.29) is 5.56 Å². The van der Waals surface area contributed by atoms with E-state index in [2.05, 4.69) is 16.0 Å². The van der Waals surface area contributed by atoms with Gasteiger partial charge in [0.1, 0.15) is 0 Å². The van der Waals surface area contributed by atoms with Crippen LogP contribution in [0.2, 0.25) is 0 Å². The molecule has 3 heteroatoms. The summed E-state index contributed by atoms with van der Waals surface area (Å²) in [6.07, 6.45) is 1.60. The van der Waals surface area contributed by atoms with Gasteiger partial charge in [-0.1, -0.05) is 24.3 Å². The molecule has 0 saturated heterocycles. The van der Waals surface area contributed by atoms with E-state index in [0.29, 0.717) is 5.56 Å². The second-order valence-corrected chi connectivity index (χ2v) is 3.73. The lowest BCUT2D eigenvalue weighted by molar-refractivity contribution is 1.23. The Bertz CT molecular complexity index is 731. The van der Waals surface area contributed by atoms with Crippen molar-refractivity contribution in [2.24, 2.45) is 0 Å². The Labute approximate surface area is 97.8 Å². The zero-order valence-electron chi connectivity index (χ0n) is 8.97. The molecule has 0 atom stereocenters. The minimum absolute atomic E-state index is 0.238. The van der Waals surface area contributed by atoms with Crippen LogP contribution >= 0.6 is 0 Å². The Morgan fingerprint density at radius 1 is 1.06 bits per heavy atom. The second-order valence-electron chi connectivity index (χ2n) is 3.73. The van der Waals surface area contributed by atoms with E-state index in [1.165, 1.54) is 0 Å². The molecule has 3 nitrogen and oxygen atoms in total. The fourth-order valence-electron chi connectivity index (χ4n) is 1.77. The molecule has 0 bridgehead atoms. The predicted octanol–water partition coefficient (Wildman–Crippen LogP) is 2.39. The maximum atomic E-state index is 11.2. The van der Waals surface area contributed by atoms with E-state index in [1.807, 2.05) is 36.4 Å². The standard InChI is InChI=1S/C14H9N2O/c17-14-9-11(7-8-15-14)13-6-5-10-3-1-2-4-12(10)16-13/h1-8H,(H,15,17). The van der Waals surface area contributed by atoms with Gasteiger partial charge in [-0.15, -0.1) is 0 Å². The highest BCUT2D eigenvalue weighted by Gasteiger charge is 2.01. The molecular formula is C14H9N2O. The van der Waals surface area contributed by atoms with Crippen LogP contribution in [-0.4, -0.2) is 9.97 Å². The molecular weight excluding hydrogens is 212 g/mol. The van der Waals surface area contributed by atoms with Gasteiger partial charge in [0.05, 0.1) is 17.3 Å². The molecule has 1 N–H and O–H groups in total. The lowest BCUT2D eigenvalue weighted by atomic mass is 10.1. The zero-order chi connectivity index (χ0) is 11.7. The van der Waals surface area contributed by atoms with Gasteiger partial charge in [-0.2, -0.15) is 0 Å². The van der Waals surface area contributed by atoms with Crippen LogP contribution in [0.25, 0.3) is 22.2 Å². The molecule has 2 aromatic heterocycles. The molecule has 0 spiro atoms. The largest absolute Gasteiger partial charge is 0.329 e. The molecule has 0 unspecified atom stereocenters. The van der Waals surface area contributed by atoms with Gasteiger partial charge in [-0.3, -0.25) is 4.79 Å². The third-order valence-corrected chi connectivity index (χ3v) is 2.59. The first-order valence-electron chi connectivity index (χ1n) is 5.30. The maximum Gasteiger partial charge on any atom is 0.256 e. The molecule has 0 aliphatic carbocycles. The third-order valence-electron chi connectivity index (χ3n) is 2.59. The number of hydrogen-bond donors (Lipinski definition) is 1. The number of H-pyrrole nitrogens is 1. The van der Waals surface area contributed by atoms with Crippen LogP contribution in [0, 0.1) is 6.07 Å². The first kappa shape index (κ1) is 9.78. The highest BCUT2D eigenvalue weighted by Crippen LogP contribution is 2.18. The fraction of sp³-hybridized carbons (Fsp3) is 0. The predicted molar refractivity (Wildman–Crippen MR) is 66.6 cm³/mol. The molecule has 0 aliphatic heterocycles. The summed E-state index contributed by atoms with van der Waals surface area (Å²) < 4.78 is 0. The Balaban J connectivity index is 2.21. The van der Waals surface area contributed by atoms with Crippen LogP contribution in [0.1, 0.15) is 0 Å². The van der Waals surface area contributed by atoms with Gasteiger partial charge in [-0.05, 0) is 18.2 Å². The summed E-state index contributed by atoms with van der Waals surface area (Å²) in [5, 5.41) is 1.08. The zero-order valence-corrected chi connectivity index (χ0v) is 8.97. The molecule has 0 amide bonds. The SMILES string of the molecule is O=c1[c]c(-c2ccc3ccccc3n2)cc[nH]1. The highest BCUT2D eigenvalue weighted by molar-refractivity contribution is 5.81. The average Bonchev–Trinajstić information content (AvgIpc) is 2.38. The number of aromatic amines is 1. The minimum atomic E-state index is -0.238. The van der Waals surface area contributed by atoms with Crippen molar-refractivity contribution in [1.82, 2.24) is 9.97 Å². The van der Waals surface area contributed by atoms with E-state index in [4.69, 9.17) is 0 Å². The Hall–Kier alpha value is -2.42. The monoisotopic (exact) mass is 221 g/mol. The summed E-state index contributed by atoms with van der Waals surface area (Å²) in [7, 11) is 0. The molecule has 3 aromatic rings. The first-order chi connectivity index (χ1) is 8.33.